The monoisotopic (exact) mass is 429 g/mol. The quantitative estimate of drug-likeness (QED) is 0.437. The second kappa shape index (κ2) is 9.47. The van der Waals surface area contributed by atoms with Crippen LogP contribution in [0.3, 0.4) is 0 Å². The van der Waals surface area contributed by atoms with Crippen LogP contribution < -0.4 is 5.32 Å². The maximum Gasteiger partial charge on any atom is 0.220 e. The zero-order valence-corrected chi connectivity index (χ0v) is 17.8. The Balaban J connectivity index is 1.50. The molecule has 0 atom stereocenters. The number of phenolic OH excluding ortho intramolecular Hbond substituents is 1. The molecule has 1 heterocycles. The first kappa shape index (κ1) is 21.3. The van der Waals surface area contributed by atoms with Crippen LogP contribution in [0.4, 0.5) is 4.39 Å². The van der Waals surface area contributed by atoms with E-state index in [9.17, 15) is 14.3 Å². The first-order valence-electron chi connectivity index (χ1n) is 10.4. The van der Waals surface area contributed by atoms with Crippen molar-refractivity contribution in [1.82, 2.24) is 15.1 Å². The van der Waals surface area contributed by atoms with Crippen molar-refractivity contribution in [2.45, 2.75) is 26.3 Å². The number of aromatic hydroxyl groups is 1. The molecule has 0 aliphatic rings. The van der Waals surface area contributed by atoms with E-state index in [0.29, 0.717) is 30.6 Å². The van der Waals surface area contributed by atoms with Crippen LogP contribution in [0.15, 0.2) is 78.9 Å². The zero-order chi connectivity index (χ0) is 22.5. The summed E-state index contributed by atoms with van der Waals surface area (Å²) in [5.74, 6) is -0.241. The Labute approximate surface area is 186 Å². The minimum Gasteiger partial charge on any atom is -0.508 e. The average molecular weight is 429 g/mol. The third-order valence-corrected chi connectivity index (χ3v) is 5.15. The van der Waals surface area contributed by atoms with Gasteiger partial charge in [-0.3, -0.25) is 4.79 Å². The van der Waals surface area contributed by atoms with Gasteiger partial charge in [0.25, 0.3) is 0 Å². The van der Waals surface area contributed by atoms with Crippen LogP contribution >= 0.6 is 0 Å². The van der Waals surface area contributed by atoms with Gasteiger partial charge in [0.1, 0.15) is 11.6 Å². The molecule has 0 bridgehead atoms. The molecule has 1 amide bonds. The van der Waals surface area contributed by atoms with Gasteiger partial charge in [0.05, 0.1) is 17.1 Å². The van der Waals surface area contributed by atoms with E-state index in [1.807, 2.05) is 43.3 Å². The third kappa shape index (κ3) is 5.21. The third-order valence-electron chi connectivity index (χ3n) is 5.15. The van der Waals surface area contributed by atoms with E-state index in [-0.39, 0.29) is 17.5 Å². The number of nitrogens with one attached hydrogen (secondary N) is 1. The minimum absolute atomic E-state index is 0.0574. The number of halogens is 1. The van der Waals surface area contributed by atoms with Gasteiger partial charge in [0.15, 0.2) is 0 Å². The molecular formula is C26H24FN3O2. The number of amides is 1. The smallest absolute Gasteiger partial charge is 0.220 e. The molecule has 1 aromatic heterocycles. The molecule has 4 aromatic rings. The Morgan fingerprint density at radius 3 is 2.56 bits per heavy atom. The van der Waals surface area contributed by atoms with Crippen molar-refractivity contribution in [1.29, 1.82) is 0 Å². The summed E-state index contributed by atoms with van der Waals surface area (Å²) in [4.78, 5) is 12.4. The van der Waals surface area contributed by atoms with Crippen LogP contribution in [-0.2, 0) is 17.8 Å². The van der Waals surface area contributed by atoms with Gasteiger partial charge in [-0.1, -0.05) is 42.0 Å². The van der Waals surface area contributed by atoms with Gasteiger partial charge in [-0.25, -0.2) is 9.07 Å². The van der Waals surface area contributed by atoms with Gasteiger partial charge in [-0.2, -0.15) is 5.10 Å². The fourth-order valence-electron chi connectivity index (χ4n) is 3.55. The molecule has 2 N–H and O–H groups in total. The zero-order valence-electron chi connectivity index (χ0n) is 17.8. The molecule has 162 valence electrons. The maximum atomic E-state index is 13.8. The van der Waals surface area contributed by atoms with E-state index >= 15 is 0 Å². The molecule has 0 spiro atoms. The van der Waals surface area contributed by atoms with Crippen molar-refractivity contribution in [3.05, 3.63) is 102 Å². The van der Waals surface area contributed by atoms with Gasteiger partial charge in [-0.05, 0) is 55.0 Å². The van der Waals surface area contributed by atoms with Crippen LogP contribution in [-0.4, -0.2) is 20.8 Å². The lowest BCUT2D eigenvalue weighted by atomic mass is 10.1. The van der Waals surface area contributed by atoms with Crippen molar-refractivity contribution in [3.8, 4) is 22.7 Å². The fraction of sp³-hybridized carbons (Fsp3) is 0.154. The topological polar surface area (TPSA) is 67.2 Å². The summed E-state index contributed by atoms with van der Waals surface area (Å²) in [6.07, 6.45) is 0.744. The summed E-state index contributed by atoms with van der Waals surface area (Å²) in [5, 5.41) is 17.2. The fourth-order valence-corrected chi connectivity index (χ4v) is 3.55. The second-order valence-electron chi connectivity index (χ2n) is 7.73. The lowest BCUT2D eigenvalue weighted by Gasteiger charge is -2.08. The van der Waals surface area contributed by atoms with Crippen molar-refractivity contribution in [2.24, 2.45) is 0 Å². The van der Waals surface area contributed by atoms with E-state index in [2.05, 4.69) is 10.4 Å². The van der Waals surface area contributed by atoms with Crippen LogP contribution in [0.2, 0.25) is 0 Å². The lowest BCUT2D eigenvalue weighted by molar-refractivity contribution is -0.121. The number of hydrogen-bond donors (Lipinski definition) is 2. The molecule has 0 radical (unpaired) electrons. The Morgan fingerprint density at radius 1 is 1.03 bits per heavy atom. The highest BCUT2D eigenvalue weighted by atomic mass is 19.1. The molecule has 0 aliphatic carbocycles. The normalized spacial score (nSPS) is 10.8. The van der Waals surface area contributed by atoms with E-state index in [1.54, 1.807) is 35.0 Å². The molecule has 0 aliphatic heterocycles. The highest BCUT2D eigenvalue weighted by Crippen LogP contribution is 2.26. The second-order valence-corrected chi connectivity index (χ2v) is 7.73. The van der Waals surface area contributed by atoms with Crippen LogP contribution in [0.25, 0.3) is 16.9 Å². The van der Waals surface area contributed by atoms with E-state index in [4.69, 9.17) is 0 Å². The summed E-state index contributed by atoms with van der Waals surface area (Å²) in [6.45, 7) is 2.50. The molecule has 3 aromatic carbocycles. The van der Waals surface area contributed by atoms with Gasteiger partial charge in [-0.15, -0.1) is 0 Å². The number of aromatic nitrogens is 2. The number of benzene rings is 3. The number of hydrogen-bond acceptors (Lipinski definition) is 3. The minimum atomic E-state index is -0.335. The van der Waals surface area contributed by atoms with Crippen molar-refractivity contribution in [3.63, 3.8) is 0 Å². The molecule has 4 rings (SSSR count). The molecule has 6 heteroatoms. The summed E-state index contributed by atoms with van der Waals surface area (Å²) >= 11 is 0. The standard InChI is InChI=1S/C26H24FN3O2/c1-18-4-2-5-19(14-18)17-28-26(32)13-8-22-16-25(20-6-3-7-21(27)15-20)30(29-22)23-9-11-24(31)12-10-23/h2-7,9-12,14-16,31H,8,13,17H2,1H3,(H,28,32). The summed E-state index contributed by atoms with van der Waals surface area (Å²) < 4.78 is 15.5. The van der Waals surface area contributed by atoms with Gasteiger partial charge < -0.3 is 10.4 Å². The van der Waals surface area contributed by atoms with E-state index < -0.39 is 0 Å². The van der Waals surface area contributed by atoms with Gasteiger partial charge in [0.2, 0.25) is 5.91 Å². The molecule has 0 saturated heterocycles. The number of phenols is 1. The van der Waals surface area contributed by atoms with Crippen LogP contribution in [0.1, 0.15) is 23.2 Å². The molecule has 32 heavy (non-hydrogen) atoms. The summed E-state index contributed by atoms with van der Waals surface area (Å²) in [5.41, 5.74) is 5.07. The Bertz CT molecular complexity index is 1230. The first-order valence-corrected chi connectivity index (χ1v) is 10.4. The summed E-state index contributed by atoms with van der Waals surface area (Å²) in [7, 11) is 0. The molecule has 0 saturated carbocycles. The molecule has 0 unspecified atom stereocenters. The van der Waals surface area contributed by atoms with Crippen molar-refractivity contribution < 1.29 is 14.3 Å². The number of aryl methyl sites for hydroxylation is 2. The molecule has 5 nitrogen and oxygen atoms in total. The Morgan fingerprint density at radius 2 is 1.81 bits per heavy atom. The Kier molecular flexibility index (Phi) is 6.31. The average Bonchev–Trinajstić information content (AvgIpc) is 3.21. The SMILES string of the molecule is Cc1cccc(CNC(=O)CCc2cc(-c3cccc(F)c3)n(-c3ccc(O)cc3)n2)c1. The van der Waals surface area contributed by atoms with E-state index in [1.165, 1.54) is 12.1 Å². The van der Waals surface area contributed by atoms with Crippen molar-refractivity contribution in [2.75, 3.05) is 0 Å². The maximum absolute atomic E-state index is 13.8. The molecular weight excluding hydrogens is 405 g/mol. The van der Waals surface area contributed by atoms with Crippen LogP contribution in [0, 0.1) is 12.7 Å². The largest absolute Gasteiger partial charge is 0.508 e. The number of carbonyl (C=O) groups excluding carboxylic acids is 1. The Hall–Kier alpha value is -3.93. The number of carbonyl (C=O) groups is 1. The number of rotatable bonds is 7. The van der Waals surface area contributed by atoms with Gasteiger partial charge in [0, 0.05) is 24.9 Å². The highest BCUT2D eigenvalue weighted by molar-refractivity contribution is 5.76. The summed E-state index contributed by atoms with van der Waals surface area (Å²) in [6, 6.07) is 22.8. The van der Waals surface area contributed by atoms with E-state index in [0.717, 1.165) is 22.5 Å². The molecule has 0 fully saturated rings. The first-order chi connectivity index (χ1) is 15.5. The number of nitrogens with zero attached hydrogens (tertiary/aromatic N) is 2. The highest BCUT2D eigenvalue weighted by Gasteiger charge is 2.14. The van der Waals surface area contributed by atoms with Gasteiger partial charge >= 0.3 is 0 Å². The predicted molar refractivity (Wildman–Crippen MR) is 122 cm³/mol. The van der Waals surface area contributed by atoms with Crippen molar-refractivity contribution >= 4 is 5.91 Å². The lowest BCUT2D eigenvalue weighted by Crippen LogP contribution is -2.23. The predicted octanol–water partition coefficient (Wildman–Crippen LogP) is 4.94. The van der Waals surface area contributed by atoms with Crippen LogP contribution in [0.5, 0.6) is 5.75 Å².